The number of nitrogens with one attached hydrogen (secondary N) is 1. The second-order valence-corrected chi connectivity index (χ2v) is 7.65. The van der Waals surface area contributed by atoms with E-state index in [0.29, 0.717) is 30.8 Å². The molecule has 2 rings (SSSR count). The number of hydrogen-bond acceptors (Lipinski definition) is 3. The Morgan fingerprint density at radius 3 is 2.73 bits per heavy atom. The van der Waals surface area contributed by atoms with Gasteiger partial charge in [-0.3, -0.25) is 9.10 Å². The van der Waals surface area contributed by atoms with Crippen LogP contribution in [0.2, 0.25) is 0 Å². The fourth-order valence-corrected chi connectivity index (χ4v) is 4.34. The molecule has 0 bridgehead atoms. The Hall–Kier alpha value is -1.56. The molecule has 5 nitrogen and oxygen atoms in total. The molecule has 1 aromatic carbocycles. The Morgan fingerprint density at radius 2 is 2.05 bits per heavy atom. The number of sulfonamides is 1. The van der Waals surface area contributed by atoms with E-state index in [4.69, 9.17) is 0 Å². The third-order valence-corrected chi connectivity index (χ3v) is 5.69. The van der Waals surface area contributed by atoms with E-state index in [1.807, 2.05) is 26.0 Å². The molecule has 1 amide bonds. The first-order chi connectivity index (χ1) is 10.5. The highest BCUT2D eigenvalue weighted by Gasteiger charge is 2.27. The van der Waals surface area contributed by atoms with Crippen LogP contribution < -0.4 is 9.62 Å². The van der Waals surface area contributed by atoms with Crippen molar-refractivity contribution >= 4 is 27.3 Å². The van der Waals surface area contributed by atoms with Crippen molar-refractivity contribution in [2.24, 2.45) is 0 Å². The third kappa shape index (κ3) is 3.80. The Bertz CT molecular complexity index is 641. The summed E-state index contributed by atoms with van der Waals surface area (Å²) in [4.78, 5) is 11.7. The minimum Gasteiger partial charge on any atom is -0.326 e. The lowest BCUT2D eigenvalue weighted by molar-refractivity contribution is -0.116. The summed E-state index contributed by atoms with van der Waals surface area (Å²) in [5, 5.41) is 2.84. The predicted octanol–water partition coefficient (Wildman–Crippen LogP) is 2.92. The molecule has 22 heavy (non-hydrogen) atoms. The van der Waals surface area contributed by atoms with E-state index in [9.17, 15) is 13.2 Å². The summed E-state index contributed by atoms with van der Waals surface area (Å²) < 4.78 is 26.4. The number of aryl methyl sites for hydroxylation is 1. The molecule has 0 fully saturated rings. The van der Waals surface area contributed by atoms with E-state index in [2.05, 4.69) is 5.32 Å². The summed E-state index contributed by atoms with van der Waals surface area (Å²) in [6.07, 6.45) is 3.55. The zero-order valence-electron chi connectivity index (χ0n) is 13.3. The van der Waals surface area contributed by atoms with Crippen molar-refractivity contribution in [3.63, 3.8) is 0 Å². The van der Waals surface area contributed by atoms with Gasteiger partial charge in [-0.25, -0.2) is 8.42 Å². The first-order valence-corrected chi connectivity index (χ1v) is 9.52. The molecule has 0 saturated carbocycles. The Morgan fingerprint density at radius 1 is 1.27 bits per heavy atom. The molecule has 1 N–H and O–H groups in total. The maximum Gasteiger partial charge on any atom is 0.235 e. The molecule has 0 aromatic heterocycles. The topological polar surface area (TPSA) is 66.5 Å². The van der Waals surface area contributed by atoms with Crippen molar-refractivity contribution < 1.29 is 13.2 Å². The maximum atomic E-state index is 12.4. The molecule has 0 aliphatic carbocycles. The number of rotatable bonds is 6. The average Bonchev–Trinajstić information content (AvgIpc) is 2.46. The fourth-order valence-electron chi connectivity index (χ4n) is 2.73. The average molecular weight is 324 g/mol. The molecular formula is C16H24N2O3S. The number of benzene rings is 1. The molecule has 1 aliphatic rings. The van der Waals surface area contributed by atoms with Crippen LogP contribution in [0, 0.1) is 0 Å². The summed E-state index contributed by atoms with van der Waals surface area (Å²) >= 11 is 0. The van der Waals surface area contributed by atoms with Crippen LogP contribution in [0.25, 0.3) is 0 Å². The zero-order valence-corrected chi connectivity index (χ0v) is 14.1. The molecule has 0 unspecified atom stereocenters. The number of anilines is 2. The quantitative estimate of drug-likeness (QED) is 0.875. The smallest absolute Gasteiger partial charge is 0.235 e. The molecule has 122 valence electrons. The van der Waals surface area contributed by atoms with Gasteiger partial charge in [0.15, 0.2) is 0 Å². The summed E-state index contributed by atoms with van der Waals surface area (Å²) in [6.45, 7) is 4.33. The minimum atomic E-state index is -3.28. The van der Waals surface area contributed by atoms with Gasteiger partial charge in [0, 0.05) is 18.7 Å². The second-order valence-electron chi connectivity index (χ2n) is 5.63. The Labute approximate surface area is 132 Å². The van der Waals surface area contributed by atoms with Crippen LogP contribution in [-0.4, -0.2) is 26.6 Å². The van der Waals surface area contributed by atoms with Crippen LogP contribution >= 0.6 is 0 Å². The minimum absolute atomic E-state index is 0.0405. The van der Waals surface area contributed by atoms with Gasteiger partial charge in [-0.1, -0.05) is 19.9 Å². The normalized spacial score (nSPS) is 14.5. The van der Waals surface area contributed by atoms with Gasteiger partial charge in [-0.15, -0.1) is 0 Å². The summed E-state index contributed by atoms with van der Waals surface area (Å²) in [6, 6.07) is 5.56. The van der Waals surface area contributed by atoms with Gasteiger partial charge in [0.1, 0.15) is 0 Å². The van der Waals surface area contributed by atoms with Crippen LogP contribution in [0.5, 0.6) is 0 Å². The van der Waals surface area contributed by atoms with Gasteiger partial charge >= 0.3 is 0 Å². The number of nitrogens with zero attached hydrogens (tertiary/aromatic N) is 1. The van der Waals surface area contributed by atoms with E-state index >= 15 is 0 Å². The van der Waals surface area contributed by atoms with Crippen LogP contribution in [-0.2, 0) is 21.2 Å². The van der Waals surface area contributed by atoms with Crippen molar-refractivity contribution in [2.75, 3.05) is 21.9 Å². The standard InChI is InChI=1S/C16H24N2O3S/c1-3-6-16(19)17-14-9-8-13-7-5-10-18(15(13)12-14)22(20,21)11-4-2/h8-9,12H,3-7,10-11H2,1-2H3,(H,17,19). The van der Waals surface area contributed by atoms with Gasteiger partial charge in [-0.2, -0.15) is 0 Å². The maximum absolute atomic E-state index is 12.4. The van der Waals surface area contributed by atoms with E-state index < -0.39 is 10.0 Å². The van der Waals surface area contributed by atoms with Gasteiger partial charge in [0.2, 0.25) is 15.9 Å². The van der Waals surface area contributed by atoms with Crippen LogP contribution in [0.1, 0.15) is 45.1 Å². The molecule has 0 radical (unpaired) electrons. The lowest BCUT2D eigenvalue weighted by Crippen LogP contribution is -2.37. The predicted molar refractivity (Wildman–Crippen MR) is 89.7 cm³/mol. The second kappa shape index (κ2) is 7.13. The molecule has 0 spiro atoms. The summed E-state index contributed by atoms with van der Waals surface area (Å²) in [5.74, 6) is 0.111. The number of fused-ring (bicyclic) bond motifs is 1. The van der Waals surface area contributed by atoms with Crippen LogP contribution in [0.15, 0.2) is 18.2 Å². The number of amides is 1. The Balaban J connectivity index is 2.30. The molecule has 0 saturated heterocycles. The largest absolute Gasteiger partial charge is 0.326 e. The van der Waals surface area contributed by atoms with Crippen molar-refractivity contribution in [3.05, 3.63) is 23.8 Å². The molecule has 0 atom stereocenters. The molecule has 1 heterocycles. The van der Waals surface area contributed by atoms with Crippen LogP contribution in [0.3, 0.4) is 0 Å². The summed E-state index contributed by atoms with van der Waals surface area (Å²) in [7, 11) is -3.28. The van der Waals surface area contributed by atoms with E-state index in [1.54, 1.807) is 6.07 Å². The van der Waals surface area contributed by atoms with Gasteiger partial charge in [-0.05, 0) is 43.4 Å². The Kier molecular flexibility index (Phi) is 5.45. The molecule has 6 heteroatoms. The third-order valence-electron chi connectivity index (χ3n) is 3.72. The first-order valence-electron chi connectivity index (χ1n) is 7.91. The highest BCUT2D eigenvalue weighted by atomic mass is 32.2. The highest BCUT2D eigenvalue weighted by molar-refractivity contribution is 7.92. The monoisotopic (exact) mass is 324 g/mol. The van der Waals surface area contributed by atoms with Crippen molar-refractivity contribution in [2.45, 2.75) is 46.0 Å². The van der Waals surface area contributed by atoms with Gasteiger partial charge in [0.05, 0.1) is 11.4 Å². The summed E-state index contributed by atoms with van der Waals surface area (Å²) in [5.41, 5.74) is 2.41. The zero-order chi connectivity index (χ0) is 16.2. The van der Waals surface area contributed by atoms with Gasteiger partial charge in [0.25, 0.3) is 0 Å². The lowest BCUT2D eigenvalue weighted by Gasteiger charge is -2.31. The fraction of sp³-hybridized carbons (Fsp3) is 0.562. The SMILES string of the molecule is CCCC(=O)Nc1ccc2c(c1)N(S(=O)(=O)CCC)CCC2. The first kappa shape index (κ1) is 16.8. The molecule has 1 aliphatic heterocycles. The van der Waals surface area contributed by atoms with Crippen LogP contribution in [0.4, 0.5) is 11.4 Å². The van der Waals surface area contributed by atoms with E-state index in [0.717, 1.165) is 24.8 Å². The number of hydrogen-bond donors (Lipinski definition) is 1. The van der Waals surface area contributed by atoms with Crippen molar-refractivity contribution in [3.8, 4) is 0 Å². The number of carbonyl (C=O) groups is 1. The number of carbonyl (C=O) groups excluding carboxylic acids is 1. The van der Waals surface area contributed by atoms with Crippen molar-refractivity contribution in [1.82, 2.24) is 0 Å². The molecule has 1 aromatic rings. The van der Waals surface area contributed by atoms with Crippen molar-refractivity contribution in [1.29, 1.82) is 0 Å². The highest BCUT2D eigenvalue weighted by Crippen LogP contribution is 2.32. The van der Waals surface area contributed by atoms with Gasteiger partial charge < -0.3 is 5.32 Å². The van der Waals surface area contributed by atoms with E-state index in [1.165, 1.54) is 4.31 Å². The molecular weight excluding hydrogens is 300 g/mol. The van der Waals surface area contributed by atoms with E-state index in [-0.39, 0.29) is 11.7 Å². The lowest BCUT2D eigenvalue weighted by atomic mass is 10.0.